The van der Waals surface area contributed by atoms with E-state index >= 15 is 0 Å². The molecule has 0 bridgehead atoms. The van der Waals surface area contributed by atoms with Crippen molar-refractivity contribution < 1.29 is 0 Å². The maximum atomic E-state index is 5.71. The number of halogens is 1. The minimum atomic E-state index is 0.193. The summed E-state index contributed by atoms with van der Waals surface area (Å²) < 4.78 is 0. The van der Waals surface area contributed by atoms with Crippen molar-refractivity contribution in [3.05, 3.63) is 47.8 Å². The monoisotopic (exact) mass is 307 g/mol. The molecule has 1 aromatic heterocycles. The van der Waals surface area contributed by atoms with E-state index in [9.17, 15) is 0 Å². The number of para-hydroxylation sites is 1. The van der Waals surface area contributed by atoms with Crippen molar-refractivity contribution in [2.24, 2.45) is 0 Å². The summed E-state index contributed by atoms with van der Waals surface area (Å²) in [6.07, 6.45) is 0. The van der Waals surface area contributed by atoms with Crippen molar-refractivity contribution in [2.75, 3.05) is 16.8 Å². The van der Waals surface area contributed by atoms with Gasteiger partial charge in [-0.25, -0.2) is 0 Å². The van der Waals surface area contributed by atoms with Crippen LogP contribution in [0.5, 0.6) is 0 Å². The van der Waals surface area contributed by atoms with Crippen molar-refractivity contribution in [1.29, 1.82) is 0 Å². The normalized spacial score (nSPS) is 10.2. The third-order valence-corrected chi connectivity index (χ3v) is 3.53. The fraction of sp³-hybridized carbons (Fsp3) is 0.154. The van der Waals surface area contributed by atoms with E-state index in [4.69, 9.17) is 17.3 Å². The van der Waals surface area contributed by atoms with Crippen LogP contribution in [0, 0.1) is 0 Å². The Labute approximate surface area is 126 Å². The van der Waals surface area contributed by atoms with E-state index in [1.54, 1.807) is 11.8 Å². The topological polar surface area (TPSA) is 76.7 Å². The number of aromatic nitrogens is 3. The van der Waals surface area contributed by atoms with E-state index in [1.807, 2.05) is 30.3 Å². The molecule has 0 aliphatic rings. The molecule has 2 rings (SSSR count). The third-order valence-electron chi connectivity index (χ3n) is 2.22. The van der Waals surface area contributed by atoms with E-state index in [0.717, 1.165) is 5.69 Å². The summed E-state index contributed by atoms with van der Waals surface area (Å²) in [6, 6.07) is 9.64. The Morgan fingerprint density at radius 3 is 2.70 bits per heavy atom. The average molecular weight is 308 g/mol. The van der Waals surface area contributed by atoms with Crippen LogP contribution in [-0.2, 0) is 5.75 Å². The van der Waals surface area contributed by atoms with Crippen LogP contribution in [0.4, 0.5) is 17.6 Å². The smallest absolute Gasteiger partial charge is 0.232 e. The van der Waals surface area contributed by atoms with Crippen molar-refractivity contribution in [2.45, 2.75) is 5.75 Å². The van der Waals surface area contributed by atoms with E-state index in [-0.39, 0.29) is 5.95 Å². The van der Waals surface area contributed by atoms with E-state index in [1.165, 1.54) is 0 Å². The number of nitrogens with two attached hydrogens (primary N) is 1. The largest absolute Gasteiger partial charge is 0.368 e. The van der Waals surface area contributed by atoms with Crippen LogP contribution in [0.1, 0.15) is 5.82 Å². The second kappa shape index (κ2) is 7.12. The first-order valence-corrected chi connectivity index (χ1v) is 7.40. The minimum absolute atomic E-state index is 0.193. The Balaban J connectivity index is 2.06. The van der Waals surface area contributed by atoms with Crippen LogP contribution >= 0.6 is 23.4 Å². The molecule has 2 aromatic rings. The van der Waals surface area contributed by atoms with Gasteiger partial charge in [-0.15, -0.1) is 11.8 Å². The Morgan fingerprint density at radius 1 is 1.25 bits per heavy atom. The standard InChI is InChI=1S/C13H14ClN5S/c1-9(14)7-20-8-11-17-12(15)19-13(18-11)16-10-5-3-2-4-6-10/h2-6H,1,7-8H2,(H3,15,16,17,18,19). The lowest BCUT2D eigenvalue weighted by molar-refractivity contribution is 0.983. The number of hydrogen-bond donors (Lipinski definition) is 2. The highest BCUT2D eigenvalue weighted by Gasteiger charge is 2.05. The van der Waals surface area contributed by atoms with Crippen LogP contribution in [0.3, 0.4) is 0 Å². The molecule has 0 unspecified atom stereocenters. The van der Waals surface area contributed by atoms with Crippen molar-refractivity contribution in [1.82, 2.24) is 15.0 Å². The van der Waals surface area contributed by atoms with Crippen LogP contribution in [0.2, 0.25) is 0 Å². The van der Waals surface area contributed by atoms with Gasteiger partial charge in [-0.1, -0.05) is 36.4 Å². The molecule has 0 spiro atoms. The second-order valence-corrected chi connectivity index (χ2v) is 5.45. The van der Waals surface area contributed by atoms with Crippen molar-refractivity contribution in [3.8, 4) is 0 Å². The fourth-order valence-electron chi connectivity index (χ4n) is 1.46. The number of hydrogen-bond acceptors (Lipinski definition) is 6. The SMILES string of the molecule is C=C(Cl)CSCc1nc(N)nc(Nc2ccccc2)n1. The Bertz CT molecular complexity index is 591. The lowest BCUT2D eigenvalue weighted by Gasteiger charge is -2.07. The average Bonchev–Trinajstić information content (AvgIpc) is 2.38. The van der Waals surface area contributed by atoms with Gasteiger partial charge in [-0.2, -0.15) is 15.0 Å². The quantitative estimate of drug-likeness (QED) is 0.853. The van der Waals surface area contributed by atoms with Gasteiger partial charge >= 0.3 is 0 Å². The zero-order valence-corrected chi connectivity index (χ0v) is 12.3. The number of nitrogens with one attached hydrogen (secondary N) is 1. The predicted octanol–water partition coefficient (Wildman–Crippen LogP) is 3.18. The molecule has 20 heavy (non-hydrogen) atoms. The van der Waals surface area contributed by atoms with Gasteiger partial charge < -0.3 is 11.1 Å². The number of nitrogen functional groups attached to an aromatic ring is 1. The molecule has 104 valence electrons. The highest BCUT2D eigenvalue weighted by Crippen LogP contribution is 2.17. The fourth-order valence-corrected chi connectivity index (χ4v) is 2.33. The first-order chi connectivity index (χ1) is 9.63. The number of anilines is 3. The van der Waals surface area contributed by atoms with E-state index in [2.05, 4.69) is 26.8 Å². The van der Waals surface area contributed by atoms with Gasteiger partial charge in [0.1, 0.15) is 5.82 Å². The summed E-state index contributed by atoms with van der Waals surface area (Å²) in [5.41, 5.74) is 6.58. The molecule has 0 aliphatic carbocycles. The van der Waals surface area contributed by atoms with Crippen molar-refractivity contribution in [3.63, 3.8) is 0 Å². The molecule has 0 fully saturated rings. The Kier molecular flexibility index (Phi) is 5.20. The zero-order valence-electron chi connectivity index (χ0n) is 10.7. The van der Waals surface area contributed by atoms with Crippen LogP contribution in [0.15, 0.2) is 41.9 Å². The summed E-state index contributed by atoms with van der Waals surface area (Å²) in [6.45, 7) is 3.63. The highest BCUT2D eigenvalue weighted by molar-refractivity contribution is 7.98. The lowest BCUT2D eigenvalue weighted by atomic mass is 10.3. The van der Waals surface area contributed by atoms with E-state index < -0.39 is 0 Å². The third kappa shape index (κ3) is 4.71. The molecule has 7 heteroatoms. The Morgan fingerprint density at radius 2 is 2.00 bits per heavy atom. The van der Waals surface area contributed by atoms with Gasteiger partial charge in [0.05, 0.1) is 5.75 Å². The molecule has 0 atom stereocenters. The molecule has 0 saturated heterocycles. The van der Waals surface area contributed by atoms with Crippen LogP contribution in [-0.4, -0.2) is 20.7 Å². The molecule has 3 N–H and O–H groups in total. The molecule has 0 saturated carbocycles. The molecule has 5 nitrogen and oxygen atoms in total. The molecule has 1 aromatic carbocycles. The number of rotatable bonds is 6. The molecule has 0 radical (unpaired) electrons. The zero-order chi connectivity index (χ0) is 14.4. The second-order valence-electron chi connectivity index (χ2n) is 3.93. The van der Waals surface area contributed by atoms with Gasteiger partial charge in [0.2, 0.25) is 11.9 Å². The molecule has 0 aliphatic heterocycles. The lowest BCUT2D eigenvalue weighted by Crippen LogP contribution is -2.06. The first-order valence-electron chi connectivity index (χ1n) is 5.87. The molecule has 1 heterocycles. The molecular formula is C13H14ClN5S. The predicted molar refractivity (Wildman–Crippen MR) is 85.1 cm³/mol. The van der Waals surface area contributed by atoms with Gasteiger partial charge in [-0.3, -0.25) is 0 Å². The Hall–Kier alpha value is -1.79. The summed E-state index contributed by atoms with van der Waals surface area (Å²) in [5.74, 6) is 2.48. The maximum Gasteiger partial charge on any atom is 0.232 e. The van der Waals surface area contributed by atoms with Gasteiger partial charge in [-0.05, 0) is 12.1 Å². The highest BCUT2D eigenvalue weighted by atomic mass is 35.5. The van der Waals surface area contributed by atoms with E-state index in [0.29, 0.717) is 28.3 Å². The maximum absolute atomic E-state index is 5.71. The van der Waals surface area contributed by atoms with Crippen molar-refractivity contribution >= 4 is 40.9 Å². The van der Waals surface area contributed by atoms with Gasteiger partial charge in [0.15, 0.2) is 0 Å². The summed E-state index contributed by atoms with van der Waals surface area (Å²) in [7, 11) is 0. The van der Waals surface area contributed by atoms with Crippen LogP contribution in [0.25, 0.3) is 0 Å². The van der Waals surface area contributed by atoms with Gasteiger partial charge in [0.25, 0.3) is 0 Å². The summed E-state index contributed by atoms with van der Waals surface area (Å²) in [5, 5.41) is 3.69. The van der Waals surface area contributed by atoms with Gasteiger partial charge in [0, 0.05) is 16.5 Å². The number of benzene rings is 1. The summed E-state index contributed by atoms with van der Waals surface area (Å²) >= 11 is 7.28. The number of nitrogens with zero attached hydrogens (tertiary/aromatic N) is 3. The minimum Gasteiger partial charge on any atom is -0.368 e. The molecule has 0 amide bonds. The molecular weight excluding hydrogens is 294 g/mol. The van der Waals surface area contributed by atoms with Crippen LogP contribution < -0.4 is 11.1 Å². The first kappa shape index (κ1) is 14.6. The number of thioether (sulfide) groups is 1. The summed E-state index contributed by atoms with van der Waals surface area (Å²) in [4.78, 5) is 12.5.